The van der Waals surface area contributed by atoms with Crippen molar-refractivity contribution in [2.45, 2.75) is 24.4 Å². The summed E-state index contributed by atoms with van der Waals surface area (Å²) in [6.07, 6.45) is 2.29. The van der Waals surface area contributed by atoms with E-state index in [1.165, 1.54) is 12.7 Å². The highest BCUT2D eigenvalue weighted by atomic mass is 16.6. The maximum Gasteiger partial charge on any atom is 0.167 e. The van der Waals surface area contributed by atoms with Gasteiger partial charge in [-0.15, -0.1) is 0 Å². The second-order valence-corrected chi connectivity index (χ2v) is 5.12. The van der Waals surface area contributed by atoms with Crippen molar-refractivity contribution in [2.24, 2.45) is 5.92 Å². The largest absolute Gasteiger partial charge is 0.393 e. The van der Waals surface area contributed by atoms with E-state index in [1.54, 1.807) is 4.57 Å². The second kappa shape index (κ2) is 3.41. The highest BCUT2D eigenvalue weighted by molar-refractivity contribution is 5.81. The van der Waals surface area contributed by atoms with Crippen LogP contribution in [0.2, 0.25) is 0 Å². The van der Waals surface area contributed by atoms with Gasteiger partial charge in [-0.2, -0.15) is 0 Å². The normalized spacial score (nSPS) is 36.6. The smallest absolute Gasteiger partial charge is 0.167 e. The van der Waals surface area contributed by atoms with Gasteiger partial charge in [-0.3, -0.25) is 4.57 Å². The fraction of sp³-hybridized carbons (Fsp3) is 0.545. The van der Waals surface area contributed by atoms with Crippen molar-refractivity contribution in [1.29, 1.82) is 0 Å². The van der Waals surface area contributed by atoms with E-state index >= 15 is 0 Å². The number of imidazole rings is 1. The summed E-state index contributed by atoms with van der Waals surface area (Å²) in [5.41, 5.74) is 6.13. The zero-order chi connectivity index (χ0) is 13.2. The first-order valence-corrected chi connectivity index (χ1v) is 6.06. The van der Waals surface area contributed by atoms with Gasteiger partial charge in [0.05, 0.1) is 18.5 Å². The van der Waals surface area contributed by atoms with Gasteiger partial charge in [0, 0.05) is 5.92 Å². The molecular weight excluding hydrogens is 250 g/mol. The Morgan fingerprint density at radius 2 is 2.32 bits per heavy atom. The number of hydrogen-bond acceptors (Lipinski definition) is 7. The van der Waals surface area contributed by atoms with E-state index < -0.39 is 17.9 Å². The predicted octanol–water partition coefficient (Wildman–Crippen LogP) is -0.951. The average Bonchev–Trinajstić information content (AvgIpc) is 2.85. The van der Waals surface area contributed by atoms with Crippen LogP contribution >= 0.6 is 0 Å². The lowest BCUT2D eigenvalue weighted by atomic mass is 10.2. The molecule has 2 aromatic heterocycles. The molecule has 19 heavy (non-hydrogen) atoms. The molecule has 1 aliphatic heterocycles. The molecular formula is C11H13N5O3. The third-order valence-corrected chi connectivity index (χ3v) is 4.07. The third kappa shape index (κ3) is 1.30. The summed E-state index contributed by atoms with van der Waals surface area (Å²) in [5, 5.41) is 19.6. The first-order valence-electron chi connectivity index (χ1n) is 6.06. The summed E-state index contributed by atoms with van der Waals surface area (Å²) in [7, 11) is 0. The van der Waals surface area contributed by atoms with Gasteiger partial charge in [-0.25, -0.2) is 15.0 Å². The van der Waals surface area contributed by atoms with Crippen LogP contribution in [-0.4, -0.2) is 48.0 Å². The predicted molar refractivity (Wildman–Crippen MR) is 63.8 cm³/mol. The van der Waals surface area contributed by atoms with E-state index in [4.69, 9.17) is 10.5 Å². The van der Waals surface area contributed by atoms with Gasteiger partial charge >= 0.3 is 0 Å². The minimum atomic E-state index is -0.680. The number of aromatic nitrogens is 4. The van der Waals surface area contributed by atoms with Gasteiger partial charge in [0.1, 0.15) is 17.9 Å². The van der Waals surface area contributed by atoms with Crippen molar-refractivity contribution >= 4 is 17.0 Å². The zero-order valence-corrected chi connectivity index (χ0v) is 9.97. The number of rotatable bonds is 2. The summed E-state index contributed by atoms with van der Waals surface area (Å²) in [6.45, 7) is -0.0883. The standard InChI is InChI=1S/C11H13N5O3/c12-8-6-9(14-3-13-8)16(4-15-6)10-7(18)5-1-11(5,2-17)19-10/h3-5,7,10,17-18H,1-2H2,(H2,12,13,14)/t5-,7+,10+,11+/m0/s1. The maximum absolute atomic E-state index is 10.2. The molecule has 4 rings (SSSR count). The van der Waals surface area contributed by atoms with E-state index in [1.807, 2.05) is 0 Å². The molecule has 1 saturated heterocycles. The molecule has 1 aliphatic carbocycles. The van der Waals surface area contributed by atoms with Crippen LogP contribution in [0.1, 0.15) is 12.6 Å². The average molecular weight is 263 g/mol. The molecule has 0 spiro atoms. The molecule has 4 atom stereocenters. The summed E-state index contributed by atoms with van der Waals surface area (Å²) in [5.74, 6) is 0.261. The maximum atomic E-state index is 10.2. The van der Waals surface area contributed by atoms with Gasteiger partial charge in [-0.1, -0.05) is 0 Å². The van der Waals surface area contributed by atoms with Gasteiger partial charge in [0.25, 0.3) is 0 Å². The van der Waals surface area contributed by atoms with E-state index in [0.717, 1.165) is 0 Å². The van der Waals surface area contributed by atoms with Gasteiger partial charge in [0.15, 0.2) is 17.7 Å². The number of aliphatic hydroxyl groups excluding tert-OH is 2. The molecule has 1 saturated carbocycles. The van der Waals surface area contributed by atoms with Crippen molar-refractivity contribution in [3.8, 4) is 0 Å². The second-order valence-electron chi connectivity index (χ2n) is 5.12. The van der Waals surface area contributed by atoms with Crippen LogP contribution in [0.25, 0.3) is 11.2 Å². The summed E-state index contributed by atoms with van der Waals surface area (Å²) in [4.78, 5) is 12.1. The Kier molecular flexibility index (Phi) is 1.99. The molecule has 0 amide bonds. The summed E-state index contributed by atoms with van der Waals surface area (Å²) in [6, 6.07) is 0. The molecule has 2 aromatic rings. The van der Waals surface area contributed by atoms with Crippen LogP contribution in [0.15, 0.2) is 12.7 Å². The third-order valence-electron chi connectivity index (χ3n) is 4.07. The van der Waals surface area contributed by atoms with Crippen molar-refractivity contribution in [3.63, 3.8) is 0 Å². The molecule has 4 N–H and O–H groups in total. The first-order chi connectivity index (χ1) is 9.16. The Balaban J connectivity index is 1.78. The van der Waals surface area contributed by atoms with Crippen LogP contribution in [0, 0.1) is 5.92 Å². The fourth-order valence-corrected chi connectivity index (χ4v) is 2.89. The molecule has 0 radical (unpaired) electrons. The first kappa shape index (κ1) is 11.1. The van der Waals surface area contributed by atoms with Crippen LogP contribution < -0.4 is 5.73 Å². The molecule has 0 aromatic carbocycles. The minimum Gasteiger partial charge on any atom is -0.393 e. The van der Waals surface area contributed by atoms with Crippen molar-refractivity contribution in [1.82, 2.24) is 19.5 Å². The molecule has 2 aliphatic rings. The van der Waals surface area contributed by atoms with Crippen molar-refractivity contribution < 1.29 is 14.9 Å². The van der Waals surface area contributed by atoms with E-state index in [-0.39, 0.29) is 12.5 Å². The van der Waals surface area contributed by atoms with Crippen LogP contribution in [0.5, 0.6) is 0 Å². The van der Waals surface area contributed by atoms with Gasteiger partial charge in [0.2, 0.25) is 0 Å². The van der Waals surface area contributed by atoms with E-state index in [9.17, 15) is 10.2 Å². The zero-order valence-electron chi connectivity index (χ0n) is 9.97. The molecule has 8 nitrogen and oxygen atoms in total. The number of aliphatic hydroxyl groups is 2. The van der Waals surface area contributed by atoms with Crippen LogP contribution in [0.4, 0.5) is 5.82 Å². The Morgan fingerprint density at radius 1 is 1.47 bits per heavy atom. The lowest BCUT2D eigenvalue weighted by molar-refractivity contribution is -0.0889. The quantitative estimate of drug-likeness (QED) is 0.639. The van der Waals surface area contributed by atoms with E-state index in [2.05, 4.69) is 15.0 Å². The van der Waals surface area contributed by atoms with Gasteiger partial charge < -0.3 is 20.7 Å². The monoisotopic (exact) mass is 263 g/mol. The lowest BCUT2D eigenvalue weighted by Crippen LogP contribution is -2.24. The molecule has 0 unspecified atom stereocenters. The highest BCUT2D eigenvalue weighted by Crippen LogP contribution is 2.59. The van der Waals surface area contributed by atoms with Gasteiger partial charge in [-0.05, 0) is 6.42 Å². The summed E-state index contributed by atoms with van der Waals surface area (Å²) >= 11 is 0. The van der Waals surface area contributed by atoms with Crippen molar-refractivity contribution in [3.05, 3.63) is 12.7 Å². The summed E-state index contributed by atoms with van der Waals surface area (Å²) < 4.78 is 7.44. The topological polar surface area (TPSA) is 119 Å². The number of nitrogens with two attached hydrogens (primary N) is 1. The number of nitrogen functional groups attached to an aromatic ring is 1. The number of fused-ring (bicyclic) bond motifs is 2. The van der Waals surface area contributed by atoms with Crippen LogP contribution in [-0.2, 0) is 4.74 Å². The lowest BCUT2D eigenvalue weighted by Gasteiger charge is -2.20. The molecule has 100 valence electrons. The number of anilines is 1. The molecule has 8 heteroatoms. The Bertz CT molecular complexity index is 659. The molecule has 2 fully saturated rings. The van der Waals surface area contributed by atoms with Crippen LogP contribution in [0.3, 0.4) is 0 Å². The number of nitrogens with zero attached hydrogens (tertiary/aromatic N) is 4. The van der Waals surface area contributed by atoms with Crippen molar-refractivity contribution in [2.75, 3.05) is 12.3 Å². The Labute approximate surface area is 107 Å². The van der Waals surface area contributed by atoms with E-state index in [0.29, 0.717) is 23.4 Å². The number of hydrogen-bond donors (Lipinski definition) is 3. The Morgan fingerprint density at radius 3 is 3.05 bits per heavy atom. The Hall–Kier alpha value is -1.77. The molecule has 3 heterocycles. The number of ether oxygens (including phenoxy) is 1. The minimum absolute atomic E-state index is 0.0286. The highest BCUT2D eigenvalue weighted by Gasteiger charge is 2.67. The fourth-order valence-electron chi connectivity index (χ4n) is 2.89. The SMILES string of the molecule is Nc1ncnc2c1ncn2[C@@H]1O[C@@]2(CO)C[C@H]2[C@H]1O. The molecule has 0 bridgehead atoms.